The van der Waals surface area contributed by atoms with Crippen molar-refractivity contribution in [3.63, 3.8) is 0 Å². The number of carbonyl (C=O) groups is 2. The van der Waals surface area contributed by atoms with Crippen molar-refractivity contribution >= 4 is 23.4 Å². The zero-order valence-corrected chi connectivity index (χ0v) is 30.7. The van der Waals surface area contributed by atoms with Gasteiger partial charge in [-0.2, -0.15) is 0 Å². The molecule has 6 saturated carbocycles. The molecular weight excluding hydrogens is 593 g/mol. The molecule has 13 atom stereocenters. The molecule has 12 unspecified atom stereocenters. The predicted octanol–water partition coefficient (Wildman–Crippen LogP) is 6.63. The van der Waals surface area contributed by atoms with Crippen LogP contribution in [0.2, 0.25) is 0 Å². The Morgan fingerprint density at radius 1 is 0.957 bits per heavy atom. The molecule has 1 N–H and O–H groups in total. The van der Waals surface area contributed by atoms with Crippen LogP contribution in [0.3, 0.4) is 0 Å². The number of hydrogen-bond donors (Lipinski definition) is 1. The van der Waals surface area contributed by atoms with Crippen molar-refractivity contribution in [1.82, 2.24) is 10.2 Å². The molecule has 6 aliphatic carbocycles. The Hall–Kier alpha value is -0.630. The average Bonchev–Trinajstić information content (AvgIpc) is 3.46. The highest BCUT2D eigenvalue weighted by Gasteiger charge is 2.65. The molecule has 0 radical (unpaired) electrons. The van der Waals surface area contributed by atoms with Crippen LogP contribution in [-0.2, 0) is 25.5 Å². The average molecular weight is 657 g/mol. The molecule has 1 saturated heterocycles. The fourth-order valence-electron chi connectivity index (χ4n) is 13.7. The van der Waals surface area contributed by atoms with Gasteiger partial charge >= 0.3 is 5.97 Å². The molecule has 7 aliphatic rings. The van der Waals surface area contributed by atoms with Crippen molar-refractivity contribution in [3.8, 4) is 0 Å². The van der Waals surface area contributed by atoms with Gasteiger partial charge in [0, 0.05) is 37.1 Å². The quantitative estimate of drug-likeness (QED) is 0.188. The molecule has 46 heavy (non-hydrogen) atoms. The van der Waals surface area contributed by atoms with Gasteiger partial charge < -0.3 is 19.4 Å². The van der Waals surface area contributed by atoms with E-state index in [1.165, 1.54) is 64.2 Å². The fraction of sp³-hybridized carbons (Fsp3) is 0.949. The third kappa shape index (κ3) is 5.29. The van der Waals surface area contributed by atoms with E-state index in [1.807, 2.05) is 0 Å². The summed E-state index contributed by atoms with van der Waals surface area (Å²) in [4.78, 5) is 27.4. The third-order valence-electron chi connectivity index (χ3n) is 16.7. The van der Waals surface area contributed by atoms with Crippen molar-refractivity contribution in [2.75, 3.05) is 31.1 Å². The summed E-state index contributed by atoms with van der Waals surface area (Å²) in [5.41, 5.74) is 0.796. The van der Waals surface area contributed by atoms with E-state index in [4.69, 9.17) is 4.74 Å². The topological polar surface area (TPSA) is 81.7 Å². The second kappa shape index (κ2) is 12.3. The van der Waals surface area contributed by atoms with Gasteiger partial charge in [0.25, 0.3) is 0 Å². The lowest BCUT2D eigenvalue weighted by atomic mass is 9.38. The van der Waals surface area contributed by atoms with E-state index >= 15 is 0 Å². The lowest BCUT2D eigenvalue weighted by Gasteiger charge is -2.68. The zero-order chi connectivity index (χ0) is 32.6. The minimum atomic E-state index is -0.612. The molecule has 0 amide bonds. The number of nitrogens with zero attached hydrogens (tertiary/aromatic N) is 1. The van der Waals surface area contributed by atoms with Crippen molar-refractivity contribution in [1.29, 1.82) is 0 Å². The maximum atomic E-state index is 13.3. The summed E-state index contributed by atoms with van der Waals surface area (Å²) in [6, 6.07) is 0.513. The summed E-state index contributed by atoms with van der Waals surface area (Å²) >= 11 is -0.612. The van der Waals surface area contributed by atoms with Gasteiger partial charge in [0.05, 0.1) is 5.92 Å². The first-order valence-electron chi connectivity index (χ1n) is 19.3. The summed E-state index contributed by atoms with van der Waals surface area (Å²) in [6.45, 7) is 17.3. The van der Waals surface area contributed by atoms with Gasteiger partial charge in [-0.05, 0) is 129 Å². The minimum Gasteiger partial charge on any atom is -0.616 e. The van der Waals surface area contributed by atoms with E-state index in [0.29, 0.717) is 40.7 Å². The number of carbonyl (C=O) groups excluding carboxylic acids is 2. The maximum Gasteiger partial charge on any atom is 0.309 e. The monoisotopic (exact) mass is 656 g/mol. The van der Waals surface area contributed by atoms with Crippen molar-refractivity contribution in [2.45, 2.75) is 136 Å². The first-order valence-corrected chi connectivity index (χ1v) is 20.8. The van der Waals surface area contributed by atoms with Gasteiger partial charge in [-0.3, -0.25) is 9.69 Å². The van der Waals surface area contributed by atoms with Crippen LogP contribution in [0.25, 0.3) is 0 Å². The smallest absolute Gasteiger partial charge is 0.309 e. The molecule has 0 aromatic heterocycles. The van der Waals surface area contributed by atoms with Crippen molar-refractivity contribution in [2.24, 2.45) is 63.6 Å². The van der Waals surface area contributed by atoms with E-state index in [-0.39, 0.29) is 29.3 Å². The van der Waals surface area contributed by atoms with Gasteiger partial charge in [0.15, 0.2) is 0 Å². The molecule has 0 bridgehead atoms. The zero-order valence-electron chi connectivity index (χ0n) is 29.9. The Kier molecular flexibility index (Phi) is 9.05. The van der Waals surface area contributed by atoms with Crippen molar-refractivity contribution in [3.05, 3.63) is 0 Å². The van der Waals surface area contributed by atoms with Crippen LogP contribution >= 0.6 is 0 Å². The summed E-state index contributed by atoms with van der Waals surface area (Å²) in [5, 5.41) is 4.25. The van der Waals surface area contributed by atoms with Crippen LogP contribution < -0.4 is 5.32 Å². The highest BCUT2D eigenvalue weighted by molar-refractivity contribution is 7.91. The molecular formula is C39H64N2O4S. The van der Waals surface area contributed by atoms with Crippen LogP contribution in [0.4, 0.5) is 0 Å². The summed E-state index contributed by atoms with van der Waals surface area (Å²) in [7, 11) is 0. The van der Waals surface area contributed by atoms with E-state index < -0.39 is 11.2 Å². The Bertz CT molecular complexity index is 1160. The molecule has 7 heteroatoms. The highest BCUT2D eigenvalue weighted by atomic mass is 32.2. The van der Waals surface area contributed by atoms with E-state index in [0.717, 1.165) is 67.5 Å². The van der Waals surface area contributed by atoms with Crippen LogP contribution in [0.1, 0.15) is 119 Å². The Morgan fingerprint density at radius 2 is 1.65 bits per heavy atom. The van der Waals surface area contributed by atoms with Crippen LogP contribution in [0.15, 0.2) is 0 Å². The molecule has 7 rings (SSSR count). The highest BCUT2D eigenvalue weighted by Crippen LogP contribution is 2.71. The van der Waals surface area contributed by atoms with Gasteiger partial charge in [-0.25, -0.2) is 0 Å². The van der Waals surface area contributed by atoms with Crippen molar-refractivity contribution < 1.29 is 18.9 Å². The largest absolute Gasteiger partial charge is 0.616 e. The Balaban J connectivity index is 1.01. The second-order valence-electron chi connectivity index (χ2n) is 18.6. The van der Waals surface area contributed by atoms with E-state index in [9.17, 15) is 14.1 Å². The first kappa shape index (κ1) is 33.8. The minimum absolute atomic E-state index is 0.0201. The van der Waals surface area contributed by atoms with Gasteiger partial charge in [-0.1, -0.05) is 52.2 Å². The molecule has 260 valence electrons. The molecule has 0 aromatic rings. The van der Waals surface area contributed by atoms with E-state index in [2.05, 4.69) is 51.8 Å². The number of ether oxygens (including phenoxy) is 1. The predicted molar refractivity (Wildman–Crippen MR) is 185 cm³/mol. The molecule has 6 nitrogen and oxygen atoms in total. The van der Waals surface area contributed by atoms with E-state index in [1.54, 1.807) is 0 Å². The number of aldehydes is 1. The standard InChI is InChI=1S/C39H64N2O4S/c1-25(41-18-20-46(44)21-19-41)23-40-39-14-7-8-31(39)28-9-10-34-37(5)16-13-33(45-35(43)32-22-27(24-42)36(32,3)4)26(2)29(37)11-15-38(34,6)30(28)12-17-39/h24-34,40H,7-23H2,1-6H3/t25?,26?,27?,28?,29?,30?,31-,32?,33?,34?,37?,38?,39?/m1/s1. The number of fused-ring (bicyclic) bond motifs is 7. The third-order valence-corrected chi connectivity index (χ3v) is 18.0. The van der Waals surface area contributed by atoms with Gasteiger partial charge in [0.1, 0.15) is 23.9 Å². The fourth-order valence-corrected chi connectivity index (χ4v) is 14.8. The number of hydrogen-bond acceptors (Lipinski definition) is 6. The SMILES string of the molecule is CC1C(OC(=O)C2CC(C=O)C2(C)C)CCC2(C)C1CCC1(C)C3CCC4(NCC(C)N5CC[S+]([O-])CC5)CCC[C@@H]4C3CCC21. The van der Waals surface area contributed by atoms with Gasteiger partial charge in [0.2, 0.25) is 0 Å². The molecule has 1 heterocycles. The van der Waals surface area contributed by atoms with Crippen LogP contribution in [-0.4, -0.2) is 70.5 Å². The summed E-state index contributed by atoms with van der Waals surface area (Å²) in [5.74, 6) is 5.77. The number of nitrogens with one attached hydrogen (secondary N) is 1. The van der Waals surface area contributed by atoms with Crippen LogP contribution in [0.5, 0.6) is 0 Å². The number of esters is 1. The molecule has 7 fully saturated rings. The molecule has 0 spiro atoms. The Labute approximate surface area is 282 Å². The second-order valence-corrected chi connectivity index (χ2v) is 20.3. The lowest BCUT2D eigenvalue weighted by molar-refractivity contribution is -0.205. The summed E-state index contributed by atoms with van der Waals surface area (Å²) < 4.78 is 18.3. The maximum absolute atomic E-state index is 13.3. The molecule has 1 aliphatic heterocycles. The first-order chi connectivity index (χ1) is 21.8. The normalized spacial score (nSPS) is 49.4. The Morgan fingerprint density at radius 3 is 2.37 bits per heavy atom. The molecule has 0 aromatic carbocycles. The summed E-state index contributed by atoms with van der Waals surface area (Å²) in [6.07, 6.45) is 16.1. The van der Waals surface area contributed by atoms with Crippen LogP contribution in [0, 0.1) is 63.6 Å². The van der Waals surface area contributed by atoms with Gasteiger partial charge in [-0.15, -0.1) is 0 Å². The number of rotatable bonds is 7. The lowest BCUT2D eigenvalue weighted by Crippen LogP contribution is -2.64.